The molecule has 19 heavy (non-hydrogen) atoms. The Morgan fingerprint density at radius 3 is 2.42 bits per heavy atom. The number of nitrogens with zero attached hydrogens (tertiary/aromatic N) is 1. The molecule has 1 aromatic carbocycles. The molecule has 0 saturated heterocycles. The van der Waals surface area contributed by atoms with E-state index in [0.717, 1.165) is 15.8 Å². The average Bonchev–Trinajstić information content (AvgIpc) is 2.86. The van der Waals surface area contributed by atoms with Crippen LogP contribution in [0.5, 0.6) is 5.75 Å². The third kappa shape index (κ3) is 3.21. The van der Waals surface area contributed by atoms with Gasteiger partial charge in [0.25, 0.3) is 0 Å². The van der Waals surface area contributed by atoms with Gasteiger partial charge < -0.3 is 15.4 Å². The summed E-state index contributed by atoms with van der Waals surface area (Å²) in [4.78, 5) is 3.33. The summed E-state index contributed by atoms with van der Waals surface area (Å²) >= 11 is 7.56. The molecule has 0 aliphatic heterocycles. The zero-order chi connectivity index (χ0) is 13.8. The number of likely N-dealkylation sites (N-methyl/N-ethyl adjacent to an activating group) is 1. The molecule has 5 heteroatoms. The minimum atomic E-state index is 0.130. The predicted molar refractivity (Wildman–Crippen MR) is 82.5 cm³/mol. The molecule has 2 aromatic rings. The van der Waals surface area contributed by atoms with E-state index in [-0.39, 0.29) is 6.04 Å². The van der Waals surface area contributed by atoms with Crippen LogP contribution in [0.15, 0.2) is 36.4 Å². The molecule has 3 nitrogen and oxygen atoms in total. The number of hydrogen-bond acceptors (Lipinski definition) is 4. The fraction of sp³-hybridized carbons (Fsp3) is 0.286. The first-order valence-electron chi connectivity index (χ1n) is 5.98. The van der Waals surface area contributed by atoms with E-state index in [0.29, 0.717) is 6.54 Å². The van der Waals surface area contributed by atoms with Crippen LogP contribution in [-0.2, 0) is 0 Å². The molecule has 1 atom stereocenters. The summed E-state index contributed by atoms with van der Waals surface area (Å²) < 4.78 is 5.95. The molecule has 0 aliphatic carbocycles. The molecule has 0 radical (unpaired) electrons. The van der Waals surface area contributed by atoms with E-state index in [1.807, 2.05) is 43.4 Å². The van der Waals surface area contributed by atoms with E-state index in [1.54, 1.807) is 18.4 Å². The van der Waals surface area contributed by atoms with Crippen molar-refractivity contribution in [3.8, 4) is 5.75 Å². The fourth-order valence-corrected chi connectivity index (χ4v) is 3.19. The van der Waals surface area contributed by atoms with E-state index in [1.165, 1.54) is 4.88 Å². The first-order valence-corrected chi connectivity index (χ1v) is 7.17. The van der Waals surface area contributed by atoms with Crippen molar-refractivity contribution in [2.24, 2.45) is 5.73 Å². The van der Waals surface area contributed by atoms with Gasteiger partial charge in [-0.15, -0.1) is 11.3 Å². The largest absolute Gasteiger partial charge is 0.497 e. The molecule has 102 valence electrons. The van der Waals surface area contributed by atoms with Gasteiger partial charge in [-0.2, -0.15) is 0 Å². The van der Waals surface area contributed by atoms with Crippen LogP contribution in [0.4, 0.5) is 5.69 Å². The molecule has 2 rings (SSSR count). The van der Waals surface area contributed by atoms with Crippen LogP contribution in [0, 0.1) is 0 Å². The van der Waals surface area contributed by atoms with Gasteiger partial charge in [0.2, 0.25) is 0 Å². The molecule has 1 heterocycles. The molecule has 0 amide bonds. The van der Waals surface area contributed by atoms with E-state index < -0.39 is 0 Å². The molecule has 0 saturated carbocycles. The van der Waals surface area contributed by atoms with Crippen LogP contribution >= 0.6 is 22.9 Å². The molecule has 0 fully saturated rings. The van der Waals surface area contributed by atoms with Crippen LogP contribution in [0.2, 0.25) is 4.34 Å². The molecule has 1 aromatic heterocycles. The maximum atomic E-state index is 5.99. The van der Waals surface area contributed by atoms with Gasteiger partial charge in [-0.25, -0.2) is 0 Å². The number of hydrogen-bond donors (Lipinski definition) is 1. The van der Waals surface area contributed by atoms with Gasteiger partial charge in [-0.05, 0) is 36.4 Å². The van der Waals surface area contributed by atoms with Gasteiger partial charge >= 0.3 is 0 Å². The van der Waals surface area contributed by atoms with Crippen molar-refractivity contribution in [1.82, 2.24) is 0 Å². The summed E-state index contributed by atoms with van der Waals surface area (Å²) in [5, 5.41) is 0. The number of anilines is 1. The maximum Gasteiger partial charge on any atom is 0.119 e. The highest BCUT2D eigenvalue weighted by atomic mass is 35.5. The normalized spacial score (nSPS) is 12.2. The summed E-state index contributed by atoms with van der Waals surface area (Å²) in [6.45, 7) is 0.541. The summed E-state index contributed by atoms with van der Waals surface area (Å²) in [5.41, 5.74) is 7.00. The Bertz CT molecular complexity index is 526. The third-order valence-electron chi connectivity index (χ3n) is 3.09. The molecular formula is C14H17ClN2OS. The number of ether oxygens (including phenoxy) is 1. The highest BCUT2D eigenvalue weighted by Crippen LogP contribution is 2.32. The van der Waals surface area contributed by atoms with Crippen molar-refractivity contribution in [2.75, 3.05) is 25.6 Å². The lowest BCUT2D eigenvalue weighted by molar-refractivity contribution is 0.415. The molecule has 0 aliphatic rings. The lowest BCUT2D eigenvalue weighted by Gasteiger charge is -2.28. The Morgan fingerprint density at radius 1 is 1.26 bits per heavy atom. The van der Waals surface area contributed by atoms with Crippen LogP contribution in [-0.4, -0.2) is 20.7 Å². The lowest BCUT2D eigenvalue weighted by Crippen LogP contribution is -2.29. The Morgan fingerprint density at radius 2 is 1.95 bits per heavy atom. The topological polar surface area (TPSA) is 38.5 Å². The summed E-state index contributed by atoms with van der Waals surface area (Å²) in [6.07, 6.45) is 0. The average molecular weight is 297 g/mol. The van der Waals surface area contributed by atoms with Crippen LogP contribution in [0.25, 0.3) is 0 Å². The third-order valence-corrected chi connectivity index (χ3v) is 4.43. The first kappa shape index (κ1) is 14.2. The second kappa shape index (κ2) is 6.28. The summed E-state index contributed by atoms with van der Waals surface area (Å²) in [5.74, 6) is 0.848. The smallest absolute Gasteiger partial charge is 0.119 e. The Kier molecular flexibility index (Phi) is 4.69. The minimum absolute atomic E-state index is 0.130. The van der Waals surface area contributed by atoms with Crippen LogP contribution in [0.1, 0.15) is 10.9 Å². The molecule has 1 unspecified atom stereocenters. The van der Waals surface area contributed by atoms with Crippen molar-refractivity contribution in [3.05, 3.63) is 45.6 Å². The Hall–Kier alpha value is -1.23. The lowest BCUT2D eigenvalue weighted by atomic mass is 10.2. The molecule has 0 bridgehead atoms. The minimum Gasteiger partial charge on any atom is -0.497 e. The van der Waals surface area contributed by atoms with Gasteiger partial charge in [-0.1, -0.05) is 11.6 Å². The second-order valence-corrected chi connectivity index (χ2v) is 5.95. The number of methoxy groups -OCH3 is 1. The number of thiophene rings is 1. The van der Waals surface area contributed by atoms with E-state index in [9.17, 15) is 0 Å². The van der Waals surface area contributed by atoms with Crippen molar-refractivity contribution in [2.45, 2.75) is 6.04 Å². The van der Waals surface area contributed by atoms with Crippen molar-refractivity contribution < 1.29 is 4.74 Å². The van der Waals surface area contributed by atoms with Crippen molar-refractivity contribution in [3.63, 3.8) is 0 Å². The van der Waals surface area contributed by atoms with E-state index >= 15 is 0 Å². The van der Waals surface area contributed by atoms with Crippen molar-refractivity contribution in [1.29, 1.82) is 0 Å². The van der Waals surface area contributed by atoms with Gasteiger partial charge in [0, 0.05) is 24.2 Å². The number of nitrogens with two attached hydrogens (primary N) is 1. The predicted octanol–water partition coefficient (Wildman–Crippen LogP) is 3.55. The zero-order valence-electron chi connectivity index (χ0n) is 11.0. The van der Waals surface area contributed by atoms with Crippen LogP contribution < -0.4 is 15.4 Å². The van der Waals surface area contributed by atoms with Gasteiger partial charge in [0.15, 0.2) is 0 Å². The highest BCUT2D eigenvalue weighted by Gasteiger charge is 2.17. The molecule has 2 N–H and O–H groups in total. The first-order chi connectivity index (χ1) is 9.15. The monoisotopic (exact) mass is 296 g/mol. The van der Waals surface area contributed by atoms with E-state index in [4.69, 9.17) is 22.1 Å². The Labute approximate surface area is 122 Å². The second-order valence-electron chi connectivity index (χ2n) is 4.20. The molecular weight excluding hydrogens is 280 g/mol. The van der Waals surface area contributed by atoms with E-state index in [2.05, 4.69) is 4.90 Å². The summed E-state index contributed by atoms with van der Waals surface area (Å²) in [6, 6.07) is 12.0. The number of halogens is 1. The molecule has 0 spiro atoms. The Balaban J connectivity index is 2.22. The highest BCUT2D eigenvalue weighted by molar-refractivity contribution is 7.16. The van der Waals surface area contributed by atoms with Gasteiger partial charge in [0.05, 0.1) is 17.5 Å². The standard InChI is InChI=1S/C14H17ClN2OS/c1-17(10-3-5-11(18-2)6-4-10)12(9-16)13-7-8-14(15)19-13/h3-8,12H,9,16H2,1-2H3. The number of rotatable bonds is 5. The fourth-order valence-electron chi connectivity index (χ4n) is 1.97. The zero-order valence-corrected chi connectivity index (χ0v) is 12.5. The van der Waals surface area contributed by atoms with Crippen molar-refractivity contribution >= 4 is 28.6 Å². The summed E-state index contributed by atoms with van der Waals surface area (Å²) in [7, 11) is 3.70. The number of benzene rings is 1. The maximum absolute atomic E-state index is 5.99. The van der Waals surface area contributed by atoms with Gasteiger partial charge in [-0.3, -0.25) is 0 Å². The van der Waals surface area contributed by atoms with Gasteiger partial charge in [0.1, 0.15) is 5.75 Å². The SMILES string of the molecule is COc1ccc(N(C)C(CN)c2ccc(Cl)s2)cc1. The quantitative estimate of drug-likeness (QED) is 0.917. The van der Waals surface area contributed by atoms with Crippen LogP contribution in [0.3, 0.4) is 0 Å².